The number of hydrogen-bond donors (Lipinski definition) is 0. The molecule has 1 aromatic heterocycles. The van der Waals surface area contributed by atoms with Crippen LogP contribution in [0.3, 0.4) is 0 Å². The van der Waals surface area contributed by atoms with Crippen molar-refractivity contribution in [3.8, 4) is 17.0 Å². The molecule has 1 aromatic carbocycles. The lowest BCUT2D eigenvalue weighted by Gasteiger charge is -2.09. The van der Waals surface area contributed by atoms with Crippen molar-refractivity contribution in [1.82, 2.24) is 9.78 Å². The summed E-state index contributed by atoms with van der Waals surface area (Å²) in [5.74, 6) is 0.339. The Hall–Kier alpha value is -2.05. The van der Waals surface area contributed by atoms with Crippen molar-refractivity contribution in [3.05, 3.63) is 44.7 Å². The molecule has 0 aliphatic carbocycles. The van der Waals surface area contributed by atoms with Gasteiger partial charge in [0.05, 0.1) is 29.5 Å². The minimum absolute atomic E-state index is 0.136. The van der Waals surface area contributed by atoms with E-state index in [9.17, 15) is 9.59 Å². The van der Waals surface area contributed by atoms with Gasteiger partial charge >= 0.3 is 6.09 Å². The van der Waals surface area contributed by atoms with Crippen LogP contribution in [-0.4, -0.2) is 29.6 Å². The molecule has 0 atom stereocenters. The zero-order valence-corrected chi connectivity index (χ0v) is 13.3. The van der Waals surface area contributed by atoms with Gasteiger partial charge in [-0.2, -0.15) is 5.10 Å². The van der Waals surface area contributed by atoms with Gasteiger partial charge in [-0.25, -0.2) is 4.79 Å². The van der Waals surface area contributed by atoms with Crippen LogP contribution in [0.2, 0.25) is 10.0 Å². The van der Waals surface area contributed by atoms with E-state index in [2.05, 4.69) is 5.10 Å². The molecule has 0 spiro atoms. The first-order chi connectivity index (χ1) is 10.5. The fourth-order valence-electron chi connectivity index (χ4n) is 1.78. The van der Waals surface area contributed by atoms with Gasteiger partial charge in [0, 0.05) is 11.6 Å². The average Bonchev–Trinajstić information content (AvgIpc) is 2.47. The Morgan fingerprint density at radius 3 is 2.45 bits per heavy atom. The maximum atomic E-state index is 11.7. The van der Waals surface area contributed by atoms with Crippen LogP contribution in [0.1, 0.15) is 6.92 Å². The molecular formula is C14H12Cl2N2O4. The fourth-order valence-corrected chi connectivity index (χ4v) is 2.42. The lowest BCUT2D eigenvalue weighted by molar-refractivity contribution is 0.149. The van der Waals surface area contributed by atoms with Gasteiger partial charge in [-0.3, -0.25) is 4.79 Å². The lowest BCUT2D eigenvalue weighted by atomic mass is 10.1. The second-order valence-corrected chi connectivity index (χ2v) is 4.96. The molecule has 1 heterocycles. The zero-order valence-electron chi connectivity index (χ0n) is 11.8. The molecule has 0 amide bonds. The molecule has 0 aliphatic rings. The molecule has 0 saturated heterocycles. The van der Waals surface area contributed by atoms with Gasteiger partial charge in [-0.1, -0.05) is 23.2 Å². The van der Waals surface area contributed by atoms with Crippen LogP contribution in [0, 0.1) is 0 Å². The van der Waals surface area contributed by atoms with Gasteiger partial charge in [0.2, 0.25) is 0 Å². The first-order valence-corrected chi connectivity index (χ1v) is 7.04. The number of carbonyl (C=O) groups is 1. The molecule has 0 bridgehead atoms. The average molecular weight is 343 g/mol. The highest BCUT2D eigenvalue weighted by molar-refractivity contribution is 6.37. The number of halogens is 2. The molecule has 22 heavy (non-hydrogen) atoms. The Morgan fingerprint density at radius 1 is 1.27 bits per heavy atom. The van der Waals surface area contributed by atoms with E-state index in [0.717, 1.165) is 0 Å². The summed E-state index contributed by atoms with van der Waals surface area (Å²) < 4.78 is 10.5. The van der Waals surface area contributed by atoms with E-state index in [4.69, 9.17) is 32.7 Å². The van der Waals surface area contributed by atoms with Crippen LogP contribution in [-0.2, 0) is 4.74 Å². The molecule has 2 rings (SSSR count). The topological polar surface area (TPSA) is 70.4 Å². The van der Waals surface area contributed by atoms with Crippen molar-refractivity contribution in [2.45, 2.75) is 6.92 Å². The van der Waals surface area contributed by atoms with Crippen molar-refractivity contribution in [2.24, 2.45) is 0 Å². The first kappa shape index (κ1) is 16.3. The van der Waals surface area contributed by atoms with Crippen LogP contribution in [0.15, 0.2) is 29.1 Å². The third kappa shape index (κ3) is 3.23. The largest absolute Gasteiger partial charge is 0.494 e. The van der Waals surface area contributed by atoms with Crippen LogP contribution in [0.25, 0.3) is 11.3 Å². The fraction of sp³-hybridized carbons (Fsp3) is 0.214. The van der Waals surface area contributed by atoms with E-state index < -0.39 is 11.7 Å². The van der Waals surface area contributed by atoms with Crippen molar-refractivity contribution in [3.63, 3.8) is 0 Å². The summed E-state index contributed by atoms with van der Waals surface area (Å²) in [6.45, 7) is 1.77. The van der Waals surface area contributed by atoms with E-state index in [1.165, 1.54) is 19.2 Å². The molecule has 2 aromatic rings. The number of methoxy groups -OCH3 is 1. The SMILES string of the molecule is CCOC(=O)n1nc(-c2cc(Cl)c(OC)c(Cl)c2)ccc1=O. The van der Waals surface area contributed by atoms with Gasteiger partial charge < -0.3 is 9.47 Å². The van der Waals surface area contributed by atoms with Gasteiger partial charge in [0.25, 0.3) is 5.56 Å². The van der Waals surface area contributed by atoms with Crippen LogP contribution in [0.4, 0.5) is 4.79 Å². The number of nitrogens with zero attached hydrogens (tertiary/aromatic N) is 2. The van der Waals surface area contributed by atoms with Gasteiger partial charge in [-0.05, 0) is 25.1 Å². The zero-order chi connectivity index (χ0) is 16.3. The second kappa shape index (κ2) is 6.81. The molecule has 8 heteroatoms. The number of rotatable bonds is 3. The minimum atomic E-state index is -0.847. The molecule has 6 nitrogen and oxygen atoms in total. The minimum Gasteiger partial charge on any atom is -0.494 e. The van der Waals surface area contributed by atoms with E-state index in [1.54, 1.807) is 19.1 Å². The van der Waals surface area contributed by atoms with Crippen molar-refractivity contribution >= 4 is 29.3 Å². The summed E-state index contributed by atoms with van der Waals surface area (Å²) in [6, 6.07) is 5.83. The molecule has 0 fully saturated rings. The number of aromatic nitrogens is 2. The van der Waals surface area contributed by atoms with Crippen LogP contribution < -0.4 is 10.3 Å². The highest BCUT2D eigenvalue weighted by atomic mass is 35.5. The Bertz CT molecular complexity index is 751. The number of benzene rings is 1. The molecule has 0 saturated carbocycles. The Balaban J connectivity index is 2.52. The van der Waals surface area contributed by atoms with Crippen molar-refractivity contribution in [1.29, 1.82) is 0 Å². The summed E-state index contributed by atoms with van der Waals surface area (Å²) in [5.41, 5.74) is 0.292. The van der Waals surface area contributed by atoms with Gasteiger partial charge in [0.15, 0.2) is 5.75 Å². The van der Waals surface area contributed by atoms with E-state index in [1.807, 2.05) is 0 Å². The quantitative estimate of drug-likeness (QED) is 0.856. The summed E-state index contributed by atoms with van der Waals surface area (Å²) in [7, 11) is 1.45. The molecule has 116 valence electrons. The van der Waals surface area contributed by atoms with Gasteiger partial charge in [0.1, 0.15) is 0 Å². The predicted octanol–water partition coefficient (Wildman–Crippen LogP) is 3.23. The van der Waals surface area contributed by atoms with Crippen molar-refractivity contribution < 1.29 is 14.3 Å². The lowest BCUT2D eigenvalue weighted by Crippen LogP contribution is -2.29. The normalized spacial score (nSPS) is 10.4. The molecular weight excluding hydrogens is 331 g/mol. The summed E-state index contributed by atoms with van der Waals surface area (Å²) in [4.78, 5) is 23.4. The summed E-state index contributed by atoms with van der Waals surface area (Å²) in [6.07, 6.45) is -0.847. The van der Waals surface area contributed by atoms with Crippen LogP contribution >= 0.6 is 23.2 Å². The van der Waals surface area contributed by atoms with Crippen molar-refractivity contribution in [2.75, 3.05) is 13.7 Å². The molecule has 0 N–H and O–H groups in total. The maximum Gasteiger partial charge on any atom is 0.438 e. The van der Waals surface area contributed by atoms with Crippen LogP contribution in [0.5, 0.6) is 5.75 Å². The number of carbonyl (C=O) groups excluding carboxylic acids is 1. The van der Waals surface area contributed by atoms with E-state index in [-0.39, 0.29) is 6.61 Å². The third-order valence-electron chi connectivity index (χ3n) is 2.74. The molecule has 0 aliphatic heterocycles. The first-order valence-electron chi connectivity index (χ1n) is 6.28. The van der Waals surface area contributed by atoms with E-state index >= 15 is 0 Å². The summed E-state index contributed by atoms with van der Waals surface area (Å²) in [5, 5.41) is 4.55. The predicted molar refractivity (Wildman–Crippen MR) is 82.9 cm³/mol. The van der Waals surface area contributed by atoms with E-state index in [0.29, 0.717) is 31.7 Å². The highest BCUT2D eigenvalue weighted by Crippen LogP contribution is 2.36. The maximum absolute atomic E-state index is 11.7. The molecule has 0 radical (unpaired) electrons. The number of ether oxygens (including phenoxy) is 2. The second-order valence-electron chi connectivity index (χ2n) is 4.14. The smallest absolute Gasteiger partial charge is 0.438 e. The third-order valence-corrected chi connectivity index (χ3v) is 3.30. The standard InChI is InChI=1S/C14H12Cl2N2O4/c1-3-22-14(20)18-12(19)5-4-11(17-18)8-6-9(15)13(21-2)10(16)7-8/h4-7H,3H2,1-2H3. The summed E-state index contributed by atoms with van der Waals surface area (Å²) >= 11 is 12.1. The number of hydrogen-bond acceptors (Lipinski definition) is 5. The Morgan fingerprint density at radius 2 is 1.91 bits per heavy atom. The Labute approximate surface area is 136 Å². The monoisotopic (exact) mass is 342 g/mol. The van der Waals surface area contributed by atoms with Gasteiger partial charge in [-0.15, -0.1) is 4.68 Å². The highest BCUT2D eigenvalue weighted by Gasteiger charge is 2.14. The molecule has 0 unspecified atom stereocenters. The Kier molecular flexibility index (Phi) is 5.05.